The van der Waals surface area contributed by atoms with Gasteiger partial charge >= 0.3 is 0 Å². The van der Waals surface area contributed by atoms with E-state index in [2.05, 4.69) is 47.2 Å². The number of hydrogen-bond donors (Lipinski definition) is 0. The molecule has 3 heterocycles. The normalized spacial score (nSPS) is 14.9. The molecule has 0 bridgehead atoms. The van der Waals surface area contributed by atoms with Gasteiger partial charge in [0, 0.05) is 48.7 Å². The number of anilines is 1. The molecular formula is C27H24ClN5. The predicted octanol–water partition coefficient (Wildman–Crippen LogP) is 5.65. The Hall–Kier alpha value is -3.41. The van der Waals surface area contributed by atoms with Crippen molar-refractivity contribution in [2.24, 2.45) is 0 Å². The van der Waals surface area contributed by atoms with Gasteiger partial charge in [-0.25, -0.2) is 4.68 Å². The maximum atomic E-state index is 6.81. The van der Waals surface area contributed by atoms with Gasteiger partial charge in [-0.05, 0) is 37.4 Å². The van der Waals surface area contributed by atoms with Gasteiger partial charge in [-0.1, -0.05) is 54.1 Å². The van der Waals surface area contributed by atoms with Gasteiger partial charge in [0.15, 0.2) is 0 Å². The third-order valence-electron chi connectivity index (χ3n) is 6.48. The van der Waals surface area contributed by atoms with E-state index in [-0.39, 0.29) is 0 Å². The number of hydrogen-bond acceptors (Lipinski definition) is 4. The van der Waals surface area contributed by atoms with Crippen LogP contribution in [0.1, 0.15) is 0 Å². The van der Waals surface area contributed by atoms with E-state index in [4.69, 9.17) is 21.7 Å². The molecule has 0 spiro atoms. The van der Waals surface area contributed by atoms with Crippen molar-refractivity contribution in [1.29, 1.82) is 0 Å². The van der Waals surface area contributed by atoms with Crippen LogP contribution in [0.15, 0.2) is 79.0 Å². The van der Waals surface area contributed by atoms with Crippen LogP contribution in [0.2, 0.25) is 5.02 Å². The summed E-state index contributed by atoms with van der Waals surface area (Å²) < 4.78 is 2.02. The molecule has 0 amide bonds. The van der Waals surface area contributed by atoms with Gasteiger partial charge in [0.2, 0.25) is 0 Å². The molecule has 2 aromatic heterocycles. The van der Waals surface area contributed by atoms with Crippen molar-refractivity contribution in [2.45, 2.75) is 0 Å². The number of pyridine rings is 1. The molecule has 0 unspecified atom stereocenters. The Labute approximate surface area is 197 Å². The molecule has 1 saturated heterocycles. The van der Waals surface area contributed by atoms with E-state index < -0.39 is 0 Å². The summed E-state index contributed by atoms with van der Waals surface area (Å²) in [7, 11) is 2.16. The lowest BCUT2D eigenvalue weighted by Gasteiger charge is -2.34. The first-order valence-corrected chi connectivity index (χ1v) is 11.6. The van der Waals surface area contributed by atoms with Gasteiger partial charge < -0.3 is 9.80 Å². The highest BCUT2D eigenvalue weighted by Crippen LogP contribution is 2.37. The Bertz CT molecular complexity index is 1450. The molecule has 0 radical (unpaired) electrons. The summed E-state index contributed by atoms with van der Waals surface area (Å²) in [5.74, 6) is 0. The maximum Gasteiger partial charge on any atom is 0.102 e. The van der Waals surface area contributed by atoms with Crippen LogP contribution in [0.3, 0.4) is 0 Å². The van der Waals surface area contributed by atoms with Crippen LogP contribution in [-0.4, -0.2) is 52.9 Å². The van der Waals surface area contributed by atoms with Crippen molar-refractivity contribution in [1.82, 2.24) is 19.7 Å². The Morgan fingerprint density at radius 1 is 0.818 bits per heavy atom. The lowest BCUT2D eigenvalue weighted by molar-refractivity contribution is 0.313. The SMILES string of the molecule is CN1CCN(c2ccc(-c3nn(-c4ccccc4)c4c3cnc3ccccc34)cc2Cl)CC1. The number of aromatic nitrogens is 3. The summed E-state index contributed by atoms with van der Waals surface area (Å²) in [4.78, 5) is 9.43. The summed E-state index contributed by atoms with van der Waals surface area (Å²) in [5, 5.41) is 7.92. The van der Waals surface area contributed by atoms with E-state index in [9.17, 15) is 0 Å². The molecule has 164 valence electrons. The standard InChI is InChI=1S/C27H24ClN5/c1-31-13-15-32(16-14-31)25-12-11-19(17-23(25)28)26-22-18-29-24-10-6-5-9-21(24)27(22)33(30-26)20-7-3-2-4-8-20/h2-12,17-18H,13-16H2,1H3. The topological polar surface area (TPSA) is 37.2 Å². The minimum Gasteiger partial charge on any atom is -0.368 e. The Kier molecular flexibility index (Phi) is 5.01. The third-order valence-corrected chi connectivity index (χ3v) is 6.78. The highest BCUT2D eigenvalue weighted by atomic mass is 35.5. The molecule has 5 nitrogen and oxygen atoms in total. The van der Waals surface area contributed by atoms with E-state index in [1.54, 1.807) is 0 Å². The predicted molar refractivity (Wildman–Crippen MR) is 137 cm³/mol. The molecule has 0 N–H and O–H groups in total. The molecule has 33 heavy (non-hydrogen) atoms. The van der Waals surface area contributed by atoms with Gasteiger partial charge in [-0.3, -0.25) is 4.98 Å². The Morgan fingerprint density at radius 2 is 1.58 bits per heavy atom. The number of likely N-dealkylation sites (N-methyl/N-ethyl adjacent to an activating group) is 1. The quantitative estimate of drug-likeness (QED) is 0.354. The molecule has 6 heteroatoms. The number of para-hydroxylation sites is 2. The van der Waals surface area contributed by atoms with E-state index >= 15 is 0 Å². The van der Waals surface area contributed by atoms with Gasteiger partial charge in [0.1, 0.15) is 5.69 Å². The Balaban J connectivity index is 1.52. The average molecular weight is 454 g/mol. The molecule has 1 aliphatic rings. The fourth-order valence-corrected chi connectivity index (χ4v) is 4.96. The first kappa shape index (κ1) is 20.2. The van der Waals surface area contributed by atoms with Crippen LogP contribution in [0.5, 0.6) is 0 Å². The third kappa shape index (κ3) is 3.54. The first-order valence-electron chi connectivity index (χ1n) is 11.2. The van der Waals surface area contributed by atoms with Crippen LogP contribution in [0.4, 0.5) is 5.69 Å². The summed E-state index contributed by atoms with van der Waals surface area (Å²) in [6.45, 7) is 4.06. The number of nitrogens with zero attached hydrogens (tertiary/aromatic N) is 5. The highest BCUT2D eigenvalue weighted by Gasteiger charge is 2.20. The number of piperazine rings is 1. The molecule has 0 saturated carbocycles. The van der Waals surface area contributed by atoms with Gasteiger partial charge in [-0.15, -0.1) is 0 Å². The van der Waals surface area contributed by atoms with Crippen LogP contribution < -0.4 is 4.90 Å². The summed E-state index contributed by atoms with van der Waals surface area (Å²) in [5.41, 5.74) is 6.00. The van der Waals surface area contributed by atoms with Crippen LogP contribution in [-0.2, 0) is 0 Å². The van der Waals surface area contributed by atoms with Crippen molar-refractivity contribution in [2.75, 3.05) is 38.1 Å². The molecule has 5 aromatic rings. The molecular weight excluding hydrogens is 430 g/mol. The largest absolute Gasteiger partial charge is 0.368 e. The zero-order valence-corrected chi connectivity index (χ0v) is 19.2. The minimum absolute atomic E-state index is 0.758. The number of fused-ring (bicyclic) bond motifs is 3. The van der Waals surface area contributed by atoms with Gasteiger partial charge in [0.05, 0.1) is 27.4 Å². The lowest BCUT2D eigenvalue weighted by Crippen LogP contribution is -2.44. The zero-order valence-electron chi connectivity index (χ0n) is 18.4. The van der Waals surface area contributed by atoms with Crippen LogP contribution >= 0.6 is 11.6 Å². The monoisotopic (exact) mass is 453 g/mol. The molecule has 0 atom stereocenters. The molecule has 6 rings (SSSR count). The van der Waals surface area contributed by atoms with E-state index in [0.29, 0.717) is 0 Å². The van der Waals surface area contributed by atoms with Crippen molar-refractivity contribution in [3.05, 3.63) is 84.0 Å². The lowest BCUT2D eigenvalue weighted by atomic mass is 10.1. The second-order valence-electron chi connectivity index (χ2n) is 8.59. The summed E-state index contributed by atoms with van der Waals surface area (Å²) >= 11 is 6.81. The average Bonchev–Trinajstić information content (AvgIpc) is 3.25. The zero-order chi connectivity index (χ0) is 22.4. The van der Waals surface area contributed by atoms with Crippen molar-refractivity contribution in [3.63, 3.8) is 0 Å². The second-order valence-corrected chi connectivity index (χ2v) is 9.00. The fourth-order valence-electron chi connectivity index (χ4n) is 4.66. The van der Waals surface area contributed by atoms with E-state index in [1.807, 2.05) is 53.3 Å². The minimum atomic E-state index is 0.758. The molecule has 0 aliphatic carbocycles. The number of halogens is 1. The van der Waals surface area contributed by atoms with E-state index in [0.717, 1.165) is 75.6 Å². The summed E-state index contributed by atoms with van der Waals surface area (Å²) in [6.07, 6.45) is 1.93. The molecule has 1 aliphatic heterocycles. The van der Waals surface area contributed by atoms with Gasteiger partial charge in [-0.2, -0.15) is 5.10 Å². The highest BCUT2D eigenvalue weighted by molar-refractivity contribution is 6.33. The maximum absolute atomic E-state index is 6.81. The molecule has 1 fully saturated rings. The fraction of sp³-hybridized carbons (Fsp3) is 0.185. The van der Waals surface area contributed by atoms with Crippen LogP contribution in [0.25, 0.3) is 38.8 Å². The van der Waals surface area contributed by atoms with Crippen molar-refractivity contribution in [3.8, 4) is 16.9 Å². The number of benzene rings is 3. The first-order chi connectivity index (χ1) is 16.2. The Morgan fingerprint density at radius 3 is 2.36 bits per heavy atom. The van der Waals surface area contributed by atoms with Crippen LogP contribution in [0, 0.1) is 0 Å². The van der Waals surface area contributed by atoms with Crippen molar-refractivity contribution >= 4 is 39.1 Å². The molecule has 3 aromatic carbocycles. The summed E-state index contributed by atoms with van der Waals surface area (Å²) in [6, 6.07) is 24.8. The second kappa shape index (κ2) is 8.18. The smallest absolute Gasteiger partial charge is 0.102 e. The van der Waals surface area contributed by atoms with E-state index in [1.165, 1.54) is 0 Å². The van der Waals surface area contributed by atoms with Gasteiger partial charge in [0.25, 0.3) is 0 Å². The van der Waals surface area contributed by atoms with Crippen molar-refractivity contribution < 1.29 is 0 Å². The number of rotatable bonds is 3.